The molecule has 8 heteroatoms. The summed E-state index contributed by atoms with van der Waals surface area (Å²) in [4.78, 5) is 21.8. The number of aryl methyl sites for hydroxylation is 1. The predicted octanol–water partition coefficient (Wildman–Crippen LogP) is 3.77. The van der Waals surface area contributed by atoms with E-state index in [9.17, 15) is 9.18 Å². The number of hydrogen-bond acceptors (Lipinski definition) is 5. The number of anilines is 1. The van der Waals surface area contributed by atoms with Crippen molar-refractivity contribution in [1.29, 1.82) is 0 Å². The third kappa shape index (κ3) is 3.39. The van der Waals surface area contributed by atoms with Gasteiger partial charge in [0.2, 0.25) is 5.91 Å². The molecule has 0 bridgehead atoms. The van der Waals surface area contributed by atoms with Crippen LogP contribution in [-0.2, 0) is 4.79 Å². The number of benzene rings is 1. The van der Waals surface area contributed by atoms with Crippen molar-refractivity contribution in [3.05, 3.63) is 35.8 Å². The highest BCUT2D eigenvalue weighted by molar-refractivity contribution is 7.22. The Balaban J connectivity index is 1.34. The summed E-state index contributed by atoms with van der Waals surface area (Å²) in [6.07, 6.45) is 4.48. The van der Waals surface area contributed by atoms with E-state index in [1.54, 1.807) is 28.2 Å². The van der Waals surface area contributed by atoms with Gasteiger partial charge in [0.05, 0.1) is 16.1 Å². The highest BCUT2D eigenvalue weighted by Gasteiger charge is 2.30. The van der Waals surface area contributed by atoms with E-state index in [0.29, 0.717) is 5.91 Å². The van der Waals surface area contributed by atoms with Crippen molar-refractivity contribution in [3.63, 3.8) is 0 Å². The van der Waals surface area contributed by atoms with Crippen molar-refractivity contribution in [2.75, 3.05) is 31.1 Å². The van der Waals surface area contributed by atoms with Gasteiger partial charge in [0.25, 0.3) is 0 Å². The van der Waals surface area contributed by atoms with E-state index in [1.807, 2.05) is 11.8 Å². The van der Waals surface area contributed by atoms with Crippen LogP contribution in [0.4, 0.5) is 9.52 Å². The summed E-state index contributed by atoms with van der Waals surface area (Å²) in [5.41, 5.74) is 2.52. The van der Waals surface area contributed by atoms with E-state index in [1.165, 1.54) is 25.0 Å². The molecule has 1 saturated heterocycles. The molecule has 1 saturated carbocycles. The number of aromatic nitrogens is 3. The lowest BCUT2D eigenvalue weighted by molar-refractivity contribution is -0.135. The van der Waals surface area contributed by atoms with Gasteiger partial charge >= 0.3 is 0 Å². The molecule has 1 amide bonds. The average molecular weight is 414 g/mol. The summed E-state index contributed by atoms with van der Waals surface area (Å²) in [5.74, 6) is 0.320. The van der Waals surface area contributed by atoms with Crippen molar-refractivity contribution >= 4 is 32.7 Å². The largest absolute Gasteiger partial charge is 0.344 e. The van der Waals surface area contributed by atoms with Gasteiger partial charge in [0.15, 0.2) is 10.8 Å². The number of halogens is 1. The lowest BCUT2D eigenvalue weighted by atomic mass is 10.1. The number of fused-ring (bicyclic) bond motifs is 1. The van der Waals surface area contributed by atoms with Crippen LogP contribution in [0.25, 0.3) is 16.0 Å². The molecule has 2 fully saturated rings. The van der Waals surface area contributed by atoms with E-state index in [2.05, 4.69) is 10.00 Å². The molecule has 1 aliphatic heterocycles. The number of thiazole rings is 1. The Labute approximate surface area is 172 Å². The van der Waals surface area contributed by atoms with Gasteiger partial charge in [-0.25, -0.2) is 9.07 Å². The summed E-state index contributed by atoms with van der Waals surface area (Å²) in [7, 11) is 0. The summed E-state index contributed by atoms with van der Waals surface area (Å²) < 4.78 is 16.1. The maximum Gasteiger partial charge on any atom is 0.225 e. The fourth-order valence-corrected chi connectivity index (χ4v) is 5.41. The minimum atomic E-state index is -0.266. The Kier molecular flexibility index (Phi) is 4.73. The molecule has 29 heavy (non-hydrogen) atoms. The molecular formula is C21H24FN5OS. The molecule has 3 heterocycles. The first kappa shape index (κ1) is 18.5. The molecule has 3 aromatic rings. The normalized spacial score (nSPS) is 18.1. The second-order valence-corrected chi connectivity index (χ2v) is 8.89. The molecule has 0 spiro atoms. The second-order valence-electron chi connectivity index (χ2n) is 7.92. The maximum atomic E-state index is 13.3. The first-order valence-electron chi connectivity index (χ1n) is 10.3. The van der Waals surface area contributed by atoms with Crippen LogP contribution in [0.5, 0.6) is 0 Å². The molecule has 0 unspecified atom stereocenters. The van der Waals surface area contributed by atoms with Gasteiger partial charge < -0.3 is 9.80 Å². The molecule has 1 aliphatic carbocycles. The first-order valence-corrected chi connectivity index (χ1v) is 11.1. The number of hydrogen-bond donors (Lipinski definition) is 0. The molecule has 152 valence electrons. The Hall–Kier alpha value is -2.48. The van der Waals surface area contributed by atoms with Crippen molar-refractivity contribution in [1.82, 2.24) is 19.7 Å². The minimum absolute atomic E-state index is 0.244. The van der Waals surface area contributed by atoms with Crippen LogP contribution in [0.15, 0.2) is 24.3 Å². The van der Waals surface area contributed by atoms with Gasteiger partial charge in [-0.15, -0.1) is 0 Å². The lowest BCUT2D eigenvalue weighted by Gasteiger charge is -2.35. The van der Waals surface area contributed by atoms with Crippen molar-refractivity contribution in [2.45, 2.75) is 32.6 Å². The Morgan fingerprint density at radius 1 is 1.10 bits per heavy atom. The molecule has 0 radical (unpaired) electrons. The molecule has 2 aliphatic rings. The van der Waals surface area contributed by atoms with Crippen LogP contribution >= 0.6 is 11.3 Å². The topological polar surface area (TPSA) is 54.3 Å². The standard InChI is InChI=1S/C21H24FN5OS/c1-14-18-19(27(24-14)17-8-6-16(22)7-9-17)23-21(29-18)26-12-10-25(11-13-26)20(28)15-4-2-3-5-15/h6-9,15H,2-5,10-13H2,1H3. The maximum absolute atomic E-state index is 13.3. The van der Waals surface area contributed by atoms with Crippen LogP contribution in [0.2, 0.25) is 0 Å². The first-order chi connectivity index (χ1) is 14.1. The number of carbonyl (C=O) groups is 1. The summed E-state index contributed by atoms with van der Waals surface area (Å²) in [6.45, 7) is 5.10. The number of carbonyl (C=O) groups excluding carboxylic acids is 1. The zero-order valence-corrected chi connectivity index (χ0v) is 17.3. The van der Waals surface area contributed by atoms with Gasteiger partial charge in [-0.3, -0.25) is 4.79 Å². The van der Waals surface area contributed by atoms with E-state index in [0.717, 1.165) is 65.9 Å². The van der Waals surface area contributed by atoms with Gasteiger partial charge in [-0.1, -0.05) is 24.2 Å². The third-order valence-electron chi connectivity index (χ3n) is 6.01. The van der Waals surface area contributed by atoms with Crippen LogP contribution in [0.1, 0.15) is 31.4 Å². The predicted molar refractivity (Wildman–Crippen MR) is 112 cm³/mol. The van der Waals surface area contributed by atoms with Crippen molar-refractivity contribution in [2.24, 2.45) is 5.92 Å². The molecule has 1 aromatic carbocycles. The van der Waals surface area contributed by atoms with Gasteiger partial charge in [-0.2, -0.15) is 10.1 Å². The van der Waals surface area contributed by atoms with Gasteiger partial charge in [-0.05, 0) is 44.0 Å². The van der Waals surface area contributed by atoms with Gasteiger partial charge in [0.1, 0.15) is 5.82 Å². The summed E-state index contributed by atoms with van der Waals surface area (Å²) in [5, 5.41) is 5.55. The van der Waals surface area contributed by atoms with Crippen molar-refractivity contribution in [3.8, 4) is 5.69 Å². The zero-order chi connectivity index (χ0) is 20.0. The second kappa shape index (κ2) is 7.40. The van der Waals surface area contributed by atoms with E-state index >= 15 is 0 Å². The zero-order valence-electron chi connectivity index (χ0n) is 16.5. The minimum Gasteiger partial charge on any atom is -0.344 e. The van der Waals surface area contributed by atoms with E-state index in [4.69, 9.17) is 4.98 Å². The van der Waals surface area contributed by atoms with Crippen LogP contribution in [0, 0.1) is 18.7 Å². The Morgan fingerprint density at radius 3 is 2.48 bits per heavy atom. The highest BCUT2D eigenvalue weighted by atomic mass is 32.1. The number of nitrogens with zero attached hydrogens (tertiary/aromatic N) is 5. The fourth-order valence-electron chi connectivity index (χ4n) is 4.37. The third-order valence-corrected chi connectivity index (χ3v) is 7.23. The molecule has 0 atom stereocenters. The van der Waals surface area contributed by atoms with Gasteiger partial charge in [0, 0.05) is 32.1 Å². The van der Waals surface area contributed by atoms with E-state index in [-0.39, 0.29) is 11.7 Å². The molecule has 5 rings (SSSR count). The SMILES string of the molecule is Cc1nn(-c2ccc(F)cc2)c2nc(N3CCN(C(=O)C4CCCC4)CC3)sc12. The Bertz CT molecular complexity index is 1030. The number of rotatable bonds is 3. The summed E-state index contributed by atoms with van der Waals surface area (Å²) >= 11 is 1.64. The quantitative estimate of drug-likeness (QED) is 0.656. The number of piperazine rings is 1. The summed E-state index contributed by atoms with van der Waals surface area (Å²) in [6, 6.07) is 6.30. The van der Waals surface area contributed by atoms with Crippen LogP contribution in [0.3, 0.4) is 0 Å². The number of amides is 1. The van der Waals surface area contributed by atoms with Crippen LogP contribution < -0.4 is 4.90 Å². The Morgan fingerprint density at radius 2 is 1.79 bits per heavy atom. The monoisotopic (exact) mass is 413 g/mol. The van der Waals surface area contributed by atoms with Crippen molar-refractivity contribution < 1.29 is 9.18 Å². The van der Waals surface area contributed by atoms with Crippen LogP contribution in [-0.4, -0.2) is 51.8 Å². The molecule has 2 aromatic heterocycles. The fraction of sp³-hybridized carbons (Fsp3) is 0.476. The highest BCUT2D eigenvalue weighted by Crippen LogP contribution is 2.33. The molecule has 0 N–H and O–H groups in total. The van der Waals surface area contributed by atoms with E-state index < -0.39 is 0 Å². The molecular weight excluding hydrogens is 389 g/mol. The smallest absolute Gasteiger partial charge is 0.225 e. The lowest BCUT2D eigenvalue weighted by Crippen LogP contribution is -2.50. The average Bonchev–Trinajstić information content (AvgIpc) is 3.47. The molecule has 6 nitrogen and oxygen atoms in total.